The number of rotatable bonds is 2. The van der Waals surface area contributed by atoms with Crippen molar-refractivity contribution in [2.24, 2.45) is 0 Å². The van der Waals surface area contributed by atoms with Crippen molar-refractivity contribution in [1.82, 2.24) is 4.98 Å². The Morgan fingerprint density at radius 2 is 2.12 bits per heavy atom. The largest absolute Gasteiger partial charge is 0.465 e. The summed E-state index contributed by atoms with van der Waals surface area (Å²) in [5.74, 6) is -0.386. The molecule has 0 spiro atoms. The van der Waals surface area contributed by atoms with Crippen molar-refractivity contribution >= 4 is 44.5 Å². The molecule has 0 radical (unpaired) electrons. The Bertz CT molecular complexity index is 913. The van der Waals surface area contributed by atoms with E-state index in [1.807, 2.05) is 0 Å². The van der Waals surface area contributed by atoms with E-state index in [4.69, 9.17) is 15.5 Å². The zero-order valence-electron chi connectivity index (χ0n) is 13.4. The van der Waals surface area contributed by atoms with Crippen molar-refractivity contribution in [3.63, 3.8) is 0 Å². The Hall–Kier alpha value is -1.92. The topological polar surface area (TPSA) is 65.2 Å². The Balaban J connectivity index is 2.08. The van der Waals surface area contributed by atoms with Crippen LogP contribution in [0.1, 0.15) is 40.2 Å². The summed E-state index contributed by atoms with van der Waals surface area (Å²) in [6.07, 6.45) is 5.59. The van der Waals surface area contributed by atoms with Gasteiger partial charge in [-0.3, -0.25) is 0 Å². The molecule has 3 aromatic rings. The number of carbonyl (C=O) groups excluding carboxylic acids is 1. The molecule has 0 fully saturated rings. The molecule has 24 heavy (non-hydrogen) atoms. The number of aromatic nitrogens is 1. The van der Waals surface area contributed by atoms with E-state index in [0.717, 1.165) is 23.1 Å². The van der Waals surface area contributed by atoms with Crippen LogP contribution in [0.5, 0.6) is 0 Å². The predicted molar refractivity (Wildman–Crippen MR) is 99.9 cm³/mol. The van der Waals surface area contributed by atoms with E-state index in [-0.39, 0.29) is 5.97 Å². The van der Waals surface area contributed by atoms with Crippen LogP contribution in [0.25, 0.3) is 20.7 Å². The fourth-order valence-electron chi connectivity index (χ4n) is 3.42. The van der Waals surface area contributed by atoms with Gasteiger partial charge in [-0.15, -0.1) is 22.7 Å². The van der Waals surface area contributed by atoms with Gasteiger partial charge >= 0.3 is 5.97 Å². The number of anilines is 1. The Morgan fingerprint density at radius 3 is 2.88 bits per heavy atom. The zero-order chi connectivity index (χ0) is 16.7. The smallest absolute Gasteiger partial charge is 0.350 e. The molecule has 1 aliphatic carbocycles. The van der Waals surface area contributed by atoms with Gasteiger partial charge in [0.25, 0.3) is 0 Å². The Labute approximate surface area is 148 Å². The average Bonchev–Trinajstić information content (AvgIpc) is 3.15. The number of fused-ring (bicyclic) bond motifs is 2. The second-order valence-electron chi connectivity index (χ2n) is 5.97. The number of nitrogens with two attached hydrogens (primary N) is 1. The Kier molecular flexibility index (Phi) is 4.02. The first kappa shape index (κ1) is 15.6. The molecular weight excluding hydrogens is 340 g/mol. The van der Waals surface area contributed by atoms with E-state index >= 15 is 0 Å². The maximum absolute atomic E-state index is 12.1. The number of nitrogens with zero attached hydrogens (tertiary/aromatic N) is 1. The first-order valence-electron chi connectivity index (χ1n) is 8.06. The molecule has 3 aromatic heterocycles. The lowest BCUT2D eigenvalue weighted by atomic mass is 9.97. The molecule has 0 saturated carbocycles. The third-order valence-electron chi connectivity index (χ3n) is 4.54. The molecular formula is C18H18N2O2S2. The third-order valence-corrected chi connectivity index (χ3v) is 6.51. The van der Waals surface area contributed by atoms with Crippen LogP contribution < -0.4 is 5.73 Å². The predicted octanol–water partition coefficient (Wildman–Crippen LogP) is 4.66. The summed E-state index contributed by atoms with van der Waals surface area (Å²) in [6.45, 7) is 0. The van der Waals surface area contributed by atoms with Crippen LogP contribution >= 0.6 is 22.7 Å². The molecule has 1 aliphatic rings. The molecule has 0 atom stereocenters. The lowest BCUT2D eigenvalue weighted by Gasteiger charge is -2.13. The molecule has 4 rings (SSSR count). The number of pyridine rings is 1. The van der Waals surface area contributed by atoms with Crippen molar-refractivity contribution < 1.29 is 9.53 Å². The number of methoxy groups -OCH3 is 1. The number of hydrogen-bond donors (Lipinski definition) is 1. The molecule has 124 valence electrons. The highest BCUT2D eigenvalue weighted by Crippen LogP contribution is 2.44. The summed E-state index contributed by atoms with van der Waals surface area (Å²) in [5, 5.41) is 3.00. The quantitative estimate of drug-likeness (QED) is 0.534. The lowest BCUT2D eigenvalue weighted by Crippen LogP contribution is -2.02. The van der Waals surface area contributed by atoms with Gasteiger partial charge in [0.05, 0.1) is 12.8 Å². The minimum absolute atomic E-state index is 0.386. The maximum Gasteiger partial charge on any atom is 0.350 e. The van der Waals surface area contributed by atoms with E-state index in [0.29, 0.717) is 10.6 Å². The van der Waals surface area contributed by atoms with Crippen LogP contribution in [-0.4, -0.2) is 18.1 Å². The highest BCUT2D eigenvalue weighted by Gasteiger charge is 2.25. The molecule has 0 bridgehead atoms. The van der Waals surface area contributed by atoms with Crippen LogP contribution in [0.2, 0.25) is 0 Å². The molecule has 0 aromatic carbocycles. The first-order chi connectivity index (χ1) is 11.7. The molecule has 0 unspecified atom stereocenters. The van der Waals surface area contributed by atoms with Gasteiger partial charge in [-0.1, -0.05) is 12.5 Å². The van der Waals surface area contributed by atoms with Gasteiger partial charge in [-0.2, -0.15) is 0 Å². The van der Waals surface area contributed by atoms with Gasteiger partial charge in [0.15, 0.2) is 0 Å². The normalized spacial score (nSPS) is 14.4. The van der Waals surface area contributed by atoms with Gasteiger partial charge < -0.3 is 10.5 Å². The molecule has 3 heterocycles. The van der Waals surface area contributed by atoms with Crippen LogP contribution in [0.4, 0.5) is 5.69 Å². The van der Waals surface area contributed by atoms with E-state index in [1.54, 1.807) is 11.3 Å². The summed E-state index contributed by atoms with van der Waals surface area (Å²) in [5.41, 5.74) is 10.5. The van der Waals surface area contributed by atoms with Crippen molar-refractivity contribution in [2.75, 3.05) is 12.8 Å². The summed E-state index contributed by atoms with van der Waals surface area (Å²) < 4.78 is 4.89. The number of hydrogen-bond acceptors (Lipinski definition) is 6. The number of carbonyl (C=O) groups is 1. The van der Waals surface area contributed by atoms with E-state index in [2.05, 4.69) is 17.5 Å². The summed E-state index contributed by atoms with van der Waals surface area (Å²) in [7, 11) is 1.38. The number of aryl methyl sites for hydroxylation is 1. The number of nitrogen functional groups attached to an aromatic ring is 1. The van der Waals surface area contributed by atoms with Crippen LogP contribution in [0.15, 0.2) is 17.5 Å². The van der Waals surface area contributed by atoms with Crippen LogP contribution in [0, 0.1) is 0 Å². The van der Waals surface area contributed by atoms with E-state index in [9.17, 15) is 4.79 Å². The van der Waals surface area contributed by atoms with Gasteiger partial charge in [0.1, 0.15) is 9.71 Å². The fraction of sp³-hybridized carbons (Fsp3) is 0.333. The second kappa shape index (κ2) is 6.18. The van der Waals surface area contributed by atoms with E-state index < -0.39 is 0 Å². The van der Waals surface area contributed by atoms with Crippen molar-refractivity contribution in [1.29, 1.82) is 0 Å². The molecule has 4 nitrogen and oxygen atoms in total. The van der Waals surface area contributed by atoms with Gasteiger partial charge in [-0.25, -0.2) is 9.78 Å². The monoisotopic (exact) mass is 358 g/mol. The molecule has 6 heteroatoms. The third kappa shape index (κ3) is 2.41. The first-order valence-corrected chi connectivity index (χ1v) is 9.76. The minimum Gasteiger partial charge on any atom is -0.465 e. The van der Waals surface area contributed by atoms with Crippen LogP contribution in [0.3, 0.4) is 0 Å². The van der Waals surface area contributed by atoms with Crippen LogP contribution in [-0.2, 0) is 17.6 Å². The number of esters is 1. The minimum atomic E-state index is -0.386. The van der Waals surface area contributed by atoms with Gasteiger partial charge in [-0.05, 0) is 42.7 Å². The van der Waals surface area contributed by atoms with Crippen molar-refractivity contribution in [3.05, 3.63) is 33.6 Å². The van der Waals surface area contributed by atoms with Gasteiger partial charge in [0.2, 0.25) is 0 Å². The summed E-state index contributed by atoms with van der Waals surface area (Å²) in [6, 6.07) is 4.18. The number of ether oxygens (including phenoxy) is 1. The SMILES string of the molecule is COC(=O)c1sc2nc3c(c(-c4cccs4)c2c1N)CCCCC3. The number of thiophene rings is 2. The highest BCUT2D eigenvalue weighted by atomic mass is 32.1. The van der Waals surface area contributed by atoms with Crippen molar-refractivity contribution in [2.45, 2.75) is 32.1 Å². The summed E-state index contributed by atoms with van der Waals surface area (Å²) in [4.78, 5) is 19.4. The van der Waals surface area contributed by atoms with E-state index in [1.165, 1.54) is 59.4 Å². The molecule has 0 aliphatic heterocycles. The lowest BCUT2D eigenvalue weighted by molar-refractivity contribution is 0.0607. The fourth-order valence-corrected chi connectivity index (χ4v) is 5.27. The second-order valence-corrected chi connectivity index (χ2v) is 7.91. The van der Waals surface area contributed by atoms with Gasteiger partial charge in [0, 0.05) is 21.5 Å². The molecule has 0 saturated heterocycles. The average molecular weight is 358 g/mol. The molecule has 2 N–H and O–H groups in total. The highest BCUT2D eigenvalue weighted by molar-refractivity contribution is 7.21. The Morgan fingerprint density at radius 1 is 1.29 bits per heavy atom. The summed E-state index contributed by atoms with van der Waals surface area (Å²) >= 11 is 3.05. The van der Waals surface area contributed by atoms with Crippen molar-refractivity contribution in [3.8, 4) is 10.4 Å². The standard InChI is InChI=1S/C18H18N2O2S2/c1-22-18(21)16-15(19)14-13(12-8-5-9-23-12)10-6-3-2-4-7-11(10)20-17(14)24-16/h5,8-9H,2-4,6-7,19H2,1H3. The zero-order valence-corrected chi connectivity index (χ0v) is 15.1. The molecule has 0 amide bonds. The maximum atomic E-state index is 12.1.